The smallest absolute Gasteiger partial charge is 0.224 e. The monoisotopic (exact) mass is 256 g/mol. The van der Waals surface area contributed by atoms with Crippen molar-refractivity contribution in [3.05, 3.63) is 12.0 Å². The maximum Gasteiger partial charge on any atom is 0.224 e. The highest BCUT2D eigenvalue weighted by atomic mass is 19.1. The van der Waals surface area contributed by atoms with Crippen molar-refractivity contribution in [2.75, 3.05) is 30.8 Å². The Labute approximate surface area is 107 Å². The SMILES string of the molecule is CNc1ncc(F)c(NCCCCOC(C)C)n1. The number of aromatic nitrogens is 2. The maximum absolute atomic E-state index is 13.3. The third-order valence-electron chi connectivity index (χ3n) is 2.28. The highest BCUT2D eigenvalue weighted by Crippen LogP contribution is 2.11. The Morgan fingerprint density at radius 2 is 2.17 bits per heavy atom. The lowest BCUT2D eigenvalue weighted by Crippen LogP contribution is -2.10. The fourth-order valence-corrected chi connectivity index (χ4v) is 1.36. The minimum atomic E-state index is -0.438. The van der Waals surface area contributed by atoms with Crippen LogP contribution in [-0.4, -0.2) is 36.3 Å². The zero-order valence-electron chi connectivity index (χ0n) is 11.2. The summed E-state index contributed by atoms with van der Waals surface area (Å²) >= 11 is 0. The second-order valence-corrected chi connectivity index (χ2v) is 4.19. The second-order valence-electron chi connectivity index (χ2n) is 4.19. The van der Waals surface area contributed by atoms with E-state index in [0.717, 1.165) is 25.6 Å². The van der Waals surface area contributed by atoms with Gasteiger partial charge in [-0.25, -0.2) is 9.37 Å². The van der Waals surface area contributed by atoms with Crippen LogP contribution < -0.4 is 10.6 Å². The van der Waals surface area contributed by atoms with Gasteiger partial charge >= 0.3 is 0 Å². The van der Waals surface area contributed by atoms with Crippen molar-refractivity contribution < 1.29 is 9.13 Å². The summed E-state index contributed by atoms with van der Waals surface area (Å²) in [5.74, 6) is 0.202. The van der Waals surface area contributed by atoms with Gasteiger partial charge < -0.3 is 15.4 Å². The normalized spacial score (nSPS) is 10.7. The van der Waals surface area contributed by atoms with Gasteiger partial charge in [0.1, 0.15) is 0 Å². The predicted molar refractivity (Wildman–Crippen MR) is 70.3 cm³/mol. The Balaban J connectivity index is 2.26. The minimum absolute atomic E-state index is 0.235. The van der Waals surface area contributed by atoms with E-state index >= 15 is 0 Å². The maximum atomic E-state index is 13.3. The van der Waals surface area contributed by atoms with Crippen molar-refractivity contribution in [1.82, 2.24) is 9.97 Å². The van der Waals surface area contributed by atoms with Gasteiger partial charge in [-0.3, -0.25) is 0 Å². The molecule has 0 radical (unpaired) electrons. The molecule has 0 saturated carbocycles. The molecule has 1 aromatic heterocycles. The van der Waals surface area contributed by atoms with Crippen LogP contribution in [0.25, 0.3) is 0 Å². The number of ether oxygens (including phenoxy) is 1. The molecule has 0 bridgehead atoms. The standard InChI is InChI=1S/C12H21FN4O/c1-9(2)18-7-5-4-6-15-11-10(13)8-16-12(14-3)17-11/h8-9H,4-7H2,1-3H3,(H2,14,15,16,17). The van der Waals surface area contributed by atoms with Gasteiger partial charge in [0.2, 0.25) is 5.95 Å². The van der Waals surface area contributed by atoms with Crippen molar-refractivity contribution in [2.24, 2.45) is 0 Å². The van der Waals surface area contributed by atoms with E-state index in [4.69, 9.17) is 4.74 Å². The molecule has 18 heavy (non-hydrogen) atoms. The number of unbranched alkanes of at least 4 members (excludes halogenated alkanes) is 1. The molecule has 6 heteroatoms. The summed E-state index contributed by atoms with van der Waals surface area (Å²) in [6.45, 7) is 5.41. The zero-order valence-corrected chi connectivity index (χ0v) is 11.2. The molecule has 0 atom stereocenters. The lowest BCUT2D eigenvalue weighted by molar-refractivity contribution is 0.0765. The second kappa shape index (κ2) is 7.81. The van der Waals surface area contributed by atoms with Gasteiger partial charge in [-0.2, -0.15) is 4.98 Å². The number of nitrogens with one attached hydrogen (secondary N) is 2. The van der Waals surface area contributed by atoms with Crippen LogP contribution in [0.5, 0.6) is 0 Å². The summed E-state index contributed by atoms with van der Waals surface area (Å²) in [4.78, 5) is 7.77. The van der Waals surface area contributed by atoms with Crippen molar-refractivity contribution >= 4 is 11.8 Å². The van der Waals surface area contributed by atoms with Crippen LogP contribution in [-0.2, 0) is 4.74 Å². The summed E-state index contributed by atoms with van der Waals surface area (Å²) in [7, 11) is 1.69. The molecule has 0 aliphatic carbocycles. The van der Waals surface area contributed by atoms with Crippen LogP contribution in [0, 0.1) is 5.82 Å². The Morgan fingerprint density at radius 3 is 2.83 bits per heavy atom. The van der Waals surface area contributed by atoms with Crippen molar-refractivity contribution in [3.63, 3.8) is 0 Å². The van der Waals surface area contributed by atoms with E-state index in [1.807, 2.05) is 13.8 Å². The number of halogens is 1. The zero-order chi connectivity index (χ0) is 13.4. The van der Waals surface area contributed by atoms with E-state index < -0.39 is 5.82 Å². The molecule has 5 nitrogen and oxygen atoms in total. The topological polar surface area (TPSA) is 59.1 Å². The van der Waals surface area contributed by atoms with Gasteiger partial charge in [0.05, 0.1) is 12.3 Å². The number of nitrogens with zero attached hydrogens (tertiary/aromatic N) is 2. The van der Waals surface area contributed by atoms with Crippen LogP contribution in [0.15, 0.2) is 6.20 Å². The number of hydrogen-bond donors (Lipinski definition) is 2. The Morgan fingerprint density at radius 1 is 1.39 bits per heavy atom. The van der Waals surface area contributed by atoms with Crippen LogP contribution in [0.3, 0.4) is 0 Å². The summed E-state index contributed by atoms with van der Waals surface area (Å²) in [6.07, 6.45) is 3.26. The lowest BCUT2D eigenvalue weighted by Gasteiger charge is -2.09. The van der Waals surface area contributed by atoms with Gasteiger partial charge in [0, 0.05) is 20.2 Å². The lowest BCUT2D eigenvalue weighted by atomic mass is 10.3. The van der Waals surface area contributed by atoms with E-state index in [0.29, 0.717) is 12.5 Å². The van der Waals surface area contributed by atoms with Gasteiger partial charge in [-0.05, 0) is 26.7 Å². The fraction of sp³-hybridized carbons (Fsp3) is 0.667. The molecule has 0 unspecified atom stereocenters. The van der Waals surface area contributed by atoms with E-state index in [1.165, 1.54) is 0 Å². The van der Waals surface area contributed by atoms with Crippen molar-refractivity contribution in [1.29, 1.82) is 0 Å². The Bertz CT molecular complexity index is 360. The molecule has 0 aromatic carbocycles. The first kappa shape index (κ1) is 14.6. The average molecular weight is 256 g/mol. The molecule has 0 fully saturated rings. The third kappa shape index (κ3) is 5.27. The largest absolute Gasteiger partial charge is 0.379 e. The molecule has 102 valence electrons. The first-order chi connectivity index (χ1) is 8.63. The molecule has 0 aliphatic heterocycles. The summed E-state index contributed by atoms with van der Waals surface area (Å²) < 4.78 is 18.8. The molecular weight excluding hydrogens is 235 g/mol. The van der Waals surface area contributed by atoms with Gasteiger partial charge in [-0.15, -0.1) is 0 Å². The molecule has 1 rings (SSSR count). The highest BCUT2D eigenvalue weighted by Gasteiger charge is 2.05. The summed E-state index contributed by atoms with van der Waals surface area (Å²) in [5.41, 5.74) is 0. The van der Waals surface area contributed by atoms with Gasteiger partial charge in [0.15, 0.2) is 11.6 Å². The van der Waals surface area contributed by atoms with E-state index in [1.54, 1.807) is 7.05 Å². The van der Waals surface area contributed by atoms with Crippen molar-refractivity contribution in [2.45, 2.75) is 32.8 Å². The van der Waals surface area contributed by atoms with Crippen LogP contribution in [0.4, 0.5) is 16.2 Å². The van der Waals surface area contributed by atoms with E-state index in [2.05, 4.69) is 20.6 Å². The van der Waals surface area contributed by atoms with Crippen LogP contribution in [0.1, 0.15) is 26.7 Å². The van der Waals surface area contributed by atoms with E-state index in [9.17, 15) is 4.39 Å². The molecule has 2 N–H and O–H groups in total. The van der Waals surface area contributed by atoms with Crippen LogP contribution in [0.2, 0.25) is 0 Å². The predicted octanol–water partition coefficient (Wildman–Crippen LogP) is 2.27. The highest BCUT2D eigenvalue weighted by molar-refractivity contribution is 5.40. The minimum Gasteiger partial charge on any atom is -0.379 e. The number of anilines is 2. The first-order valence-corrected chi connectivity index (χ1v) is 6.19. The Hall–Kier alpha value is -1.43. The average Bonchev–Trinajstić information content (AvgIpc) is 2.35. The molecule has 1 aromatic rings. The van der Waals surface area contributed by atoms with Gasteiger partial charge in [0.25, 0.3) is 0 Å². The number of hydrogen-bond acceptors (Lipinski definition) is 5. The van der Waals surface area contributed by atoms with Crippen molar-refractivity contribution in [3.8, 4) is 0 Å². The molecule has 0 aliphatic rings. The number of rotatable bonds is 8. The molecule has 0 amide bonds. The van der Waals surface area contributed by atoms with Crippen LogP contribution >= 0.6 is 0 Å². The quantitative estimate of drug-likeness (QED) is 0.699. The summed E-state index contributed by atoms with van der Waals surface area (Å²) in [5, 5.41) is 5.72. The first-order valence-electron chi connectivity index (χ1n) is 6.19. The molecule has 0 saturated heterocycles. The molecular formula is C12H21FN4O. The van der Waals surface area contributed by atoms with E-state index in [-0.39, 0.29) is 11.9 Å². The fourth-order valence-electron chi connectivity index (χ4n) is 1.36. The molecule has 0 spiro atoms. The molecule has 1 heterocycles. The third-order valence-corrected chi connectivity index (χ3v) is 2.28. The van der Waals surface area contributed by atoms with Gasteiger partial charge in [-0.1, -0.05) is 0 Å². The Kier molecular flexibility index (Phi) is 6.35. The summed E-state index contributed by atoms with van der Waals surface area (Å²) in [6, 6.07) is 0.